The molecule has 2 fully saturated rings. The molecule has 2 heteroatoms. The highest BCUT2D eigenvalue weighted by Gasteiger charge is 2.42. The number of nitrogens with zero attached hydrogens (tertiary/aromatic N) is 1. The molecule has 2 aliphatic rings. The third kappa shape index (κ3) is 1.27. The first-order valence-corrected chi connectivity index (χ1v) is 5.10. The molecule has 12 heavy (non-hydrogen) atoms. The maximum atomic E-state index is 3.65. The molecule has 2 nitrogen and oxygen atoms in total. The molecule has 0 aliphatic carbocycles. The molecule has 0 aromatic heterocycles. The average molecular weight is 168 g/mol. The molecule has 0 saturated carbocycles. The first-order chi connectivity index (χ1) is 5.68. The molecule has 0 radical (unpaired) electrons. The summed E-state index contributed by atoms with van der Waals surface area (Å²) in [4.78, 5) is 2.48. The molecule has 0 bridgehead atoms. The highest BCUT2D eigenvalue weighted by Crippen LogP contribution is 2.32. The predicted molar refractivity (Wildman–Crippen MR) is 51.1 cm³/mol. The van der Waals surface area contributed by atoms with E-state index in [1.165, 1.54) is 19.6 Å². The second-order valence-corrected chi connectivity index (χ2v) is 4.82. The van der Waals surface area contributed by atoms with Gasteiger partial charge in [0.05, 0.1) is 0 Å². The Kier molecular flexibility index (Phi) is 2.13. The molecule has 0 spiro atoms. The molecule has 2 saturated heterocycles. The van der Waals surface area contributed by atoms with Crippen LogP contribution < -0.4 is 5.32 Å². The molecule has 2 heterocycles. The van der Waals surface area contributed by atoms with E-state index in [-0.39, 0.29) is 0 Å². The number of nitrogens with one attached hydrogen (secondary N) is 1. The second kappa shape index (κ2) is 3.00. The van der Waals surface area contributed by atoms with E-state index in [1.54, 1.807) is 0 Å². The summed E-state index contributed by atoms with van der Waals surface area (Å²) >= 11 is 0. The van der Waals surface area contributed by atoms with Crippen molar-refractivity contribution in [3.8, 4) is 0 Å². The maximum Gasteiger partial charge on any atom is 0.0134 e. The molecule has 2 aliphatic heterocycles. The van der Waals surface area contributed by atoms with Gasteiger partial charge in [-0.15, -0.1) is 0 Å². The zero-order valence-corrected chi connectivity index (χ0v) is 8.38. The van der Waals surface area contributed by atoms with Gasteiger partial charge in [0.2, 0.25) is 0 Å². The van der Waals surface area contributed by atoms with E-state index >= 15 is 0 Å². The van der Waals surface area contributed by atoms with E-state index in [1.807, 2.05) is 0 Å². The Bertz CT molecular complexity index is 167. The average Bonchev–Trinajstić information content (AvgIpc) is 2.43. The molecule has 0 unspecified atom stereocenters. The molecular formula is C10H20N2. The van der Waals surface area contributed by atoms with Gasteiger partial charge in [-0.3, -0.25) is 0 Å². The Morgan fingerprint density at radius 3 is 2.75 bits per heavy atom. The van der Waals surface area contributed by atoms with Crippen LogP contribution in [0.2, 0.25) is 0 Å². The third-order valence-corrected chi connectivity index (χ3v) is 3.47. The maximum absolute atomic E-state index is 3.65. The Morgan fingerprint density at radius 2 is 2.08 bits per heavy atom. The largest absolute Gasteiger partial charge is 0.313 e. The van der Waals surface area contributed by atoms with Crippen molar-refractivity contribution >= 4 is 0 Å². The summed E-state index contributed by atoms with van der Waals surface area (Å²) in [6, 6.07) is 0.778. The highest BCUT2D eigenvalue weighted by atomic mass is 15.2. The number of hydrogen-bond donors (Lipinski definition) is 1. The SMILES string of the molecule is CC(C)[C@@H]1NC[C@@H]2CN(C)C[C@@H]21. The zero-order chi connectivity index (χ0) is 8.72. The van der Waals surface area contributed by atoms with Crippen LogP contribution in [-0.4, -0.2) is 37.6 Å². The lowest BCUT2D eigenvalue weighted by Crippen LogP contribution is -2.35. The Labute approximate surface area is 75.3 Å². The minimum absolute atomic E-state index is 0.778. The lowest BCUT2D eigenvalue weighted by atomic mass is 9.88. The molecule has 0 aromatic carbocycles. The zero-order valence-electron chi connectivity index (χ0n) is 8.38. The predicted octanol–water partition coefficient (Wildman–Crippen LogP) is 0.792. The summed E-state index contributed by atoms with van der Waals surface area (Å²) in [5.41, 5.74) is 0. The summed E-state index contributed by atoms with van der Waals surface area (Å²) in [5, 5.41) is 3.65. The van der Waals surface area contributed by atoms with Gasteiger partial charge < -0.3 is 10.2 Å². The van der Waals surface area contributed by atoms with E-state index in [4.69, 9.17) is 0 Å². The minimum atomic E-state index is 0.778. The van der Waals surface area contributed by atoms with E-state index in [2.05, 4.69) is 31.1 Å². The van der Waals surface area contributed by atoms with Gasteiger partial charge in [-0.1, -0.05) is 13.8 Å². The van der Waals surface area contributed by atoms with E-state index in [9.17, 15) is 0 Å². The normalized spacial score (nSPS) is 42.5. The van der Waals surface area contributed by atoms with Crippen molar-refractivity contribution in [1.29, 1.82) is 0 Å². The van der Waals surface area contributed by atoms with Crippen LogP contribution in [0.1, 0.15) is 13.8 Å². The molecule has 1 N–H and O–H groups in total. The molecule has 0 aromatic rings. The minimum Gasteiger partial charge on any atom is -0.313 e. The quantitative estimate of drug-likeness (QED) is 0.623. The number of fused-ring (bicyclic) bond motifs is 1. The van der Waals surface area contributed by atoms with Gasteiger partial charge in [-0.05, 0) is 31.3 Å². The Balaban J connectivity index is 2.03. The van der Waals surface area contributed by atoms with Gasteiger partial charge in [0.25, 0.3) is 0 Å². The van der Waals surface area contributed by atoms with Crippen molar-refractivity contribution in [3.05, 3.63) is 0 Å². The lowest BCUT2D eigenvalue weighted by molar-refractivity contribution is 0.315. The van der Waals surface area contributed by atoms with Crippen LogP contribution in [0.4, 0.5) is 0 Å². The van der Waals surface area contributed by atoms with Crippen molar-refractivity contribution < 1.29 is 0 Å². The van der Waals surface area contributed by atoms with Gasteiger partial charge in [0, 0.05) is 19.1 Å². The van der Waals surface area contributed by atoms with Crippen molar-refractivity contribution in [2.45, 2.75) is 19.9 Å². The van der Waals surface area contributed by atoms with Gasteiger partial charge in [0.15, 0.2) is 0 Å². The van der Waals surface area contributed by atoms with Crippen LogP contribution in [0.15, 0.2) is 0 Å². The van der Waals surface area contributed by atoms with Crippen LogP contribution in [0.25, 0.3) is 0 Å². The fourth-order valence-corrected chi connectivity index (χ4v) is 2.91. The molecule has 2 rings (SSSR count). The summed E-state index contributed by atoms with van der Waals surface area (Å²) in [6.07, 6.45) is 0. The van der Waals surface area contributed by atoms with Gasteiger partial charge in [0.1, 0.15) is 0 Å². The Morgan fingerprint density at radius 1 is 1.33 bits per heavy atom. The van der Waals surface area contributed by atoms with E-state index in [0.29, 0.717) is 0 Å². The van der Waals surface area contributed by atoms with Crippen LogP contribution in [0.5, 0.6) is 0 Å². The Hall–Kier alpha value is -0.0800. The van der Waals surface area contributed by atoms with E-state index in [0.717, 1.165) is 23.8 Å². The standard InChI is InChI=1S/C10H20N2/c1-7(2)10-9-6-12(3)5-8(9)4-11-10/h7-11H,4-6H2,1-3H3/t8-,9+,10+/m1/s1. The molecule has 3 atom stereocenters. The third-order valence-electron chi connectivity index (χ3n) is 3.47. The first-order valence-electron chi connectivity index (χ1n) is 5.10. The number of hydrogen-bond acceptors (Lipinski definition) is 2. The van der Waals surface area contributed by atoms with Crippen molar-refractivity contribution in [2.75, 3.05) is 26.7 Å². The van der Waals surface area contributed by atoms with Crippen LogP contribution in [-0.2, 0) is 0 Å². The van der Waals surface area contributed by atoms with Gasteiger partial charge in [-0.25, -0.2) is 0 Å². The lowest BCUT2D eigenvalue weighted by Gasteiger charge is -2.22. The van der Waals surface area contributed by atoms with Crippen molar-refractivity contribution in [2.24, 2.45) is 17.8 Å². The van der Waals surface area contributed by atoms with Gasteiger partial charge >= 0.3 is 0 Å². The smallest absolute Gasteiger partial charge is 0.0134 e. The summed E-state index contributed by atoms with van der Waals surface area (Å²) < 4.78 is 0. The summed E-state index contributed by atoms with van der Waals surface area (Å²) in [7, 11) is 2.25. The summed E-state index contributed by atoms with van der Waals surface area (Å²) in [6.45, 7) is 8.52. The van der Waals surface area contributed by atoms with Crippen LogP contribution >= 0.6 is 0 Å². The van der Waals surface area contributed by atoms with Crippen molar-refractivity contribution in [1.82, 2.24) is 10.2 Å². The molecular weight excluding hydrogens is 148 g/mol. The van der Waals surface area contributed by atoms with Crippen LogP contribution in [0, 0.1) is 17.8 Å². The van der Waals surface area contributed by atoms with E-state index < -0.39 is 0 Å². The first kappa shape index (κ1) is 8.52. The fraction of sp³-hybridized carbons (Fsp3) is 1.00. The van der Waals surface area contributed by atoms with Crippen molar-refractivity contribution in [3.63, 3.8) is 0 Å². The fourth-order valence-electron chi connectivity index (χ4n) is 2.91. The monoisotopic (exact) mass is 168 g/mol. The molecule has 0 amide bonds. The summed E-state index contributed by atoms with van der Waals surface area (Å²) in [5.74, 6) is 2.66. The topological polar surface area (TPSA) is 15.3 Å². The van der Waals surface area contributed by atoms with Gasteiger partial charge in [-0.2, -0.15) is 0 Å². The number of likely N-dealkylation sites (tertiary alicyclic amines) is 1. The molecule has 70 valence electrons. The highest BCUT2D eigenvalue weighted by molar-refractivity contribution is 4.97. The second-order valence-electron chi connectivity index (χ2n) is 4.82. The van der Waals surface area contributed by atoms with Crippen LogP contribution in [0.3, 0.4) is 0 Å². The number of rotatable bonds is 1.